The Hall–Kier alpha value is -0.240. The first-order valence-electron chi connectivity index (χ1n) is 4.62. The molecule has 0 N–H and O–H groups in total. The summed E-state index contributed by atoms with van der Waals surface area (Å²) in [6.45, 7) is 1.98. The van der Waals surface area contributed by atoms with Crippen LogP contribution in [0, 0.1) is 0 Å². The number of nitrogens with zero attached hydrogens (tertiary/aromatic N) is 2. The summed E-state index contributed by atoms with van der Waals surface area (Å²) in [5.41, 5.74) is 0.458. The molecule has 0 amide bonds. The van der Waals surface area contributed by atoms with Crippen LogP contribution in [0.5, 0.6) is 0 Å². The normalized spacial score (nSPS) is 12.9. The summed E-state index contributed by atoms with van der Waals surface area (Å²) in [6, 6.07) is 2.71. The summed E-state index contributed by atoms with van der Waals surface area (Å²) in [5, 5.41) is 0.685. The molecule has 16 heavy (non-hydrogen) atoms. The van der Waals surface area contributed by atoms with E-state index in [0.717, 1.165) is 28.3 Å². The maximum Gasteiger partial charge on any atom is 0.321 e. The van der Waals surface area contributed by atoms with Crippen LogP contribution in [-0.2, 0) is 3.93 Å². The van der Waals surface area contributed by atoms with Crippen LogP contribution in [0.3, 0.4) is 0 Å². The lowest BCUT2D eigenvalue weighted by Crippen LogP contribution is -2.06. The number of rotatable bonds is 3. The molecule has 0 spiro atoms. The van der Waals surface area contributed by atoms with E-state index in [2.05, 4.69) is 9.98 Å². The predicted molar refractivity (Wildman–Crippen MR) is 72.7 cm³/mol. The van der Waals surface area contributed by atoms with E-state index in [9.17, 15) is 8.78 Å². The summed E-state index contributed by atoms with van der Waals surface area (Å²) in [5.74, 6) is 0.833. The van der Waals surface area contributed by atoms with Crippen LogP contribution in [0.2, 0.25) is 0 Å². The van der Waals surface area contributed by atoms with Gasteiger partial charge in [0.1, 0.15) is 5.04 Å². The van der Waals surface area contributed by atoms with Gasteiger partial charge in [0.2, 0.25) is 0 Å². The van der Waals surface area contributed by atoms with Crippen molar-refractivity contribution in [3.05, 3.63) is 29.6 Å². The highest BCUT2D eigenvalue weighted by Crippen LogP contribution is 2.35. The van der Waals surface area contributed by atoms with E-state index < -0.39 is 3.93 Å². The fourth-order valence-electron chi connectivity index (χ4n) is 1.11. The maximum atomic E-state index is 13.1. The first kappa shape index (κ1) is 13.8. The van der Waals surface area contributed by atoms with Gasteiger partial charge in [-0.3, -0.25) is 9.98 Å². The highest BCUT2D eigenvalue weighted by atomic mass is 127. The molecule has 0 radical (unpaired) electrons. The van der Waals surface area contributed by atoms with Crippen molar-refractivity contribution in [1.82, 2.24) is 4.98 Å². The lowest BCUT2D eigenvalue weighted by molar-refractivity contribution is 0.127. The van der Waals surface area contributed by atoms with Gasteiger partial charge < -0.3 is 0 Å². The van der Waals surface area contributed by atoms with Crippen LogP contribution >= 0.6 is 34.4 Å². The van der Waals surface area contributed by atoms with Crippen LogP contribution in [0.15, 0.2) is 23.3 Å². The third-order valence-corrected chi connectivity index (χ3v) is 3.37. The number of thioether (sulfide) groups is 1. The lowest BCUT2D eigenvalue weighted by atomic mass is 10.2. The monoisotopic (exact) mass is 356 g/mol. The van der Waals surface area contributed by atoms with Gasteiger partial charge in [-0.2, -0.15) is 8.78 Å². The van der Waals surface area contributed by atoms with E-state index in [1.165, 1.54) is 30.1 Å². The number of alkyl halides is 3. The highest BCUT2D eigenvalue weighted by molar-refractivity contribution is 14.1. The van der Waals surface area contributed by atoms with Gasteiger partial charge in [-0.1, -0.05) is 6.92 Å². The van der Waals surface area contributed by atoms with Gasteiger partial charge in [-0.25, -0.2) is 0 Å². The van der Waals surface area contributed by atoms with E-state index >= 15 is 0 Å². The lowest BCUT2D eigenvalue weighted by Gasteiger charge is -2.10. The third-order valence-electron chi connectivity index (χ3n) is 1.79. The minimum Gasteiger partial charge on any atom is -0.280 e. The van der Waals surface area contributed by atoms with E-state index in [1.54, 1.807) is 7.05 Å². The maximum absolute atomic E-state index is 13.1. The van der Waals surface area contributed by atoms with Crippen molar-refractivity contribution < 1.29 is 8.78 Å². The zero-order valence-corrected chi connectivity index (χ0v) is 11.8. The third kappa shape index (κ3) is 3.65. The molecule has 1 rings (SSSR count). The molecule has 0 aliphatic rings. The Morgan fingerprint density at radius 2 is 2.31 bits per heavy atom. The predicted octanol–water partition coefficient (Wildman–Crippen LogP) is 3.70. The standard InChI is InChI=1S/C10H11F2IN2S/c1-3-16-9(14-2)8-6-7(4-5-15-8)10(11,12)13/h4-6H,3H2,1-2H3/b14-9-. The minimum absolute atomic E-state index is 0.0454. The van der Waals surface area contributed by atoms with Gasteiger partial charge in [0.15, 0.2) is 0 Å². The Bertz CT molecular complexity index is 391. The minimum atomic E-state index is -2.87. The van der Waals surface area contributed by atoms with Crippen LogP contribution in [0.1, 0.15) is 18.2 Å². The van der Waals surface area contributed by atoms with Crippen molar-refractivity contribution in [2.75, 3.05) is 12.8 Å². The van der Waals surface area contributed by atoms with Gasteiger partial charge in [0, 0.05) is 41.4 Å². The molecule has 1 heterocycles. The van der Waals surface area contributed by atoms with E-state index in [-0.39, 0.29) is 5.56 Å². The zero-order chi connectivity index (χ0) is 12.2. The van der Waals surface area contributed by atoms with Crippen molar-refractivity contribution in [1.29, 1.82) is 0 Å². The number of aromatic nitrogens is 1. The Morgan fingerprint density at radius 3 is 2.81 bits per heavy atom. The number of pyridine rings is 1. The fraction of sp³-hybridized carbons (Fsp3) is 0.400. The Morgan fingerprint density at radius 1 is 1.62 bits per heavy atom. The molecule has 0 fully saturated rings. The summed E-state index contributed by atoms with van der Waals surface area (Å²) < 4.78 is 23.3. The van der Waals surface area contributed by atoms with Crippen LogP contribution in [0.4, 0.5) is 8.78 Å². The Balaban J connectivity index is 3.07. The molecule has 1 aromatic heterocycles. The number of halogens is 3. The van der Waals surface area contributed by atoms with Gasteiger partial charge in [-0.15, -0.1) is 11.8 Å². The van der Waals surface area contributed by atoms with Crippen LogP contribution in [0.25, 0.3) is 0 Å². The SMILES string of the molecule is CCS/C(=N\C)c1cc(C(F)(F)I)ccn1. The summed E-state index contributed by atoms with van der Waals surface area (Å²) in [6.07, 6.45) is 1.39. The molecule has 0 aliphatic heterocycles. The first-order valence-corrected chi connectivity index (χ1v) is 6.68. The fourth-order valence-corrected chi connectivity index (χ4v) is 2.11. The van der Waals surface area contributed by atoms with E-state index in [1.807, 2.05) is 6.92 Å². The molecule has 0 atom stereocenters. The molecule has 0 saturated heterocycles. The molecule has 0 bridgehead atoms. The molecule has 0 unspecified atom stereocenters. The number of aliphatic imine (C=N–C) groups is 1. The van der Waals surface area contributed by atoms with Gasteiger partial charge >= 0.3 is 3.93 Å². The molecule has 88 valence electrons. The van der Waals surface area contributed by atoms with Crippen molar-refractivity contribution in [2.45, 2.75) is 10.9 Å². The second kappa shape index (κ2) is 5.90. The van der Waals surface area contributed by atoms with Gasteiger partial charge in [0.05, 0.1) is 5.69 Å². The molecular formula is C10H11F2IN2S. The average molecular weight is 356 g/mol. The summed E-state index contributed by atoms with van der Waals surface area (Å²) >= 11 is 2.60. The first-order chi connectivity index (χ1) is 7.49. The highest BCUT2D eigenvalue weighted by Gasteiger charge is 2.27. The Kier molecular flexibility index (Phi) is 5.10. The van der Waals surface area contributed by atoms with E-state index in [0.29, 0.717) is 10.7 Å². The van der Waals surface area contributed by atoms with Gasteiger partial charge in [0.25, 0.3) is 0 Å². The van der Waals surface area contributed by atoms with Crippen molar-refractivity contribution in [3.8, 4) is 0 Å². The van der Waals surface area contributed by atoms with Crippen LogP contribution in [-0.4, -0.2) is 22.8 Å². The molecule has 0 aliphatic carbocycles. The molecule has 0 aromatic carbocycles. The molecule has 1 aromatic rings. The summed E-state index contributed by atoms with van der Waals surface area (Å²) in [7, 11) is 1.63. The van der Waals surface area contributed by atoms with E-state index in [4.69, 9.17) is 0 Å². The molecule has 6 heteroatoms. The molecule has 2 nitrogen and oxygen atoms in total. The molecular weight excluding hydrogens is 345 g/mol. The largest absolute Gasteiger partial charge is 0.321 e. The smallest absolute Gasteiger partial charge is 0.280 e. The quantitative estimate of drug-likeness (QED) is 0.357. The zero-order valence-electron chi connectivity index (χ0n) is 8.88. The topological polar surface area (TPSA) is 25.2 Å². The second-order valence-corrected chi connectivity index (χ2v) is 5.50. The number of hydrogen-bond donors (Lipinski definition) is 0. The van der Waals surface area contributed by atoms with Crippen molar-refractivity contribution in [2.24, 2.45) is 4.99 Å². The van der Waals surface area contributed by atoms with Crippen molar-refractivity contribution in [3.63, 3.8) is 0 Å². The molecule has 0 saturated carbocycles. The second-order valence-electron chi connectivity index (χ2n) is 2.89. The number of hydrogen-bond acceptors (Lipinski definition) is 3. The average Bonchev–Trinajstić information content (AvgIpc) is 2.25. The Labute approximate surface area is 111 Å². The van der Waals surface area contributed by atoms with Crippen molar-refractivity contribution >= 4 is 39.4 Å². The van der Waals surface area contributed by atoms with Gasteiger partial charge in [-0.05, 0) is 17.9 Å². The summed E-state index contributed by atoms with van der Waals surface area (Å²) in [4.78, 5) is 8.10. The van der Waals surface area contributed by atoms with Crippen LogP contribution < -0.4 is 0 Å².